The average molecular weight is 730 g/mol. The van der Waals surface area contributed by atoms with Gasteiger partial charge in [0.2, 0.25) is 0 Å². The topological polar surface area (TPSA) is 56.5 Å². The van der Waals surface area contributed by atoms with Gasteiger partial charge in [0, 0.05) is 28.6 Å². The summed E-state index contributed by atoms with van der Waals surface area (Å²) in [5.41, 5.74) is 15.7. The molecule has 0 unspecified atom stereocenters. The number of imidazole rings is 1. The monoisotopic (exact) mass is 729 g/mol. The minimum Gasteiger partial charge on any atom is -0.291 e. The summed E-state index contributed by atoms with van der Waals surface area (Å²) >= 11 is 0. The number of aromatic nitrogens is 5. The Morgan fingerprint density at radius 3 is 1.28 bits per heavy atom. The Kier molecular flexibility index (Phi) is 8.78. The number of nitrogens with zero attached hydrogens (tertiary/aromatic N) is 5. The molecule has 3 aromatic heterocycles. The Morgan fingerprint density at radius 1 is 0.316 bits per heavy atom. The molecule has 0 aliphatic heterocycles. The molecule has 0 spiro atoms. The molecule has 10 rings (SSSR count). The van der Waals surface area contributed by atoms with E-state index in [2.05, 4.69) is 155 Å². The highest BCUT2D eigenvalue weighted by molar-refractivity contribution is 5.83. The first-order valence-corrected chi connectivity index (χ1v) is 19.0. The lowest BCUT2D eigenvalue weighted by Gasteiger charge is -2.11. The molecule has 5 nitrogen and oxygen atoms in total. The Labute approximate surface area is 331 Å². The molecule has 57 heavy (non-hydrogen) atoms. The molecule has 10 aromatic rings. The zero-order valence-corrected chi connectivity index (χ0v) is 30.9. The fourth-order valence-corrected chi connectivity index (χ4v) is 7.37. The Hall–Kier alpha value is -7.76. The molecule has 5 heteroatoms. The van der Waals surface area contributed by atoms with Crippen LogP contribution in [0, 0.1) is 0 Å². The Morgan fingerprint density at radius 2 is 0.754 bits per heavy atom. The van der Waals surface area contributed by atoms with E-state index in [0.717, 1.165) is 78.6 Å². The van der Waals surface area contributed by atoms with E-state index in [1.807, 2.05) is 66.9 Å². The van der Waals surface area contributed by atoms with E-state index >= 15 is 0 Å². The van der Waals surface area contributed by atoms with Crippen LogP contribution in [0.15, 0.2) is 212 Å². The number of hydrogen-bond acceptors (Lipinski definition) is 4. The number of rotatable bonds is 8. The van der Waals surface area contributed by atoms with E-state index in [9.17, 15) is 0 Å². The maximum Gasteiger partial charge on any atom is 0.164 e. The molecule has 0 N–H and O–H groups in total. The third-order valence-electron chi connectivity index (χ3n) is 10.4. The van der Waals surface area contributed by atoms with E-state index in [1.54, 1.807) is 0 Å². The predicted molar refractivity (Wildman–Crippen MR) is 233 cm³/mol. The third-order valence-corrected chi connectivity index (χ3v) is 10.4. The van der Waals surface area contributed by atoms with E-state index in [1.165, 1.54) is 11.1 Å². The van der Waals surface area contributed by atoms with Crippen LogP contribution in [0.25, 0.3) is 95.5 Å². The zero-order valence-electron chi connectivity index (χ0n) is 30.9. The number of fused-ring (bicyclic) bond motifs is 1. The quantitative estimate of drug-likeness (QED) is 0.156. The molecular weight excluding hydrogens is 695 g/mol. The summed E-state index contributed by atoms with van der Waals surface area (Å²) in [7, 11) is 0. The van der Waals surface area contributed by atoms with Gasteiger partial charge < -0.3 is 0 Å². The van der Waals surface area contributed by atoms with Gasteiger partial charge in [0.15, 0.2) is 11.6 Å². The molecular formula is C52H35N5. The number of benzene rings is 7. The first kappa shape index (κ1) is 33.8. The second-order valence-corrected chi connectivity index (χ2v) is 13.9. The number of para-hydroxylation sites is 2. The van der Waals surface area contributed by atoms with Crippen molar-refractivity contribution < 1.29 is 0 Å². The van der Waals surface area contributed by atoms with Crippen LogP contribution >= 0.6 is 0 Å². The average Bonchev–Trinajstić information content (AvgIpc) is 3.70. The summed E-state index contributed by atoms with van der Waals surface area (Å²) in [6, 6.07) is 71.5. The summed E-state index contributed by atoms with van der Waals surface area (Å²) in [6.45, 7) is 0. The lowest BCUT2D eigenvalue weighted by atomic mass is 9.98. The summed E-state index contributed by atoms with van der Waals surface area (Å²) in [4.78, 5) is 19.6. The summed E-state index contributed by atoms with van der Waals surface area (Å²) < 4.78 is 2.18. The molecule has 0 radical (unpaired) electrons. The van der Waals surface area contributed by atoms with Gasteiger partial charge in [0.25, 0.3) is 0 Å². The van der Waals surface area contributed by atoms with Crippen LogP contribution in [-0.2, 0) is 0 Å². The number of hydrogen-bond donors (Lipinski definition) is 0. The van der Waals surface area contributed by atoms with Crippen molar-refractivity contribution in [2.24, 2.45) is 0 Å². The van der Waals surface area contributed by atoms with Gasteiger partial charge in [-0.3, -0.25) is 9.55 Å². The summed E-state index contributed by atoms with van der Waals surface area (Å²) in [5.74, 6) is 1.53. The van der Waals surface area contributed by atoms with Crippen molar-refractivity contribution >= 4 is 11.0 Å². The molecule has 0 aliphatic rings. The van der Waals surface area contributed by atoms with Crippen molar-refractivity contribution in [3.63, 3.8) is 0 Å². The maximum absolute atomic E-state index is 5.05. The number of pyridine rings is 1. The first-order chi connectivity index (χ1) is 28.2. The highest BCUT2D eigenvalue weighted by Gasteiger charge is 2.16. The summed E-state index contributed by atoms with van der Waals surface area (Å²) in [6.07, 6.45) is 1.81. The van der Waals surface area contributed by atoms with Crippen molar-refractivity contribution in [2.45, 2.75) is 0 Å². The van der Waals surface area contributed by atoms with Crippen molar-refractivity contribution in [1.82, 2.24) is 24.5 Å². The fraction of sp³-hybridized carbons (Fsp3) is 0. The molecule has 7 aromatic carbocycles. The second-order valence-electron chi connectivity index (χ2n) is 13.9. The Balaban J connectivity index is 0.915. The van der Waals surface area contributed by atoms with Gasteiger partial charge in [0.05, 0.1) is 22.4 Å². The van der Waals surface area contributed by atoms with Crippen molar-refractivity contribution in [1.29, 1.82) is 0 Å². The molecule has 0 bridgehead atoms. The third kappa shape index (κ3) is 6.79. The van der Waals surface area contributed by atoms with Crippen LogP contribution in [0.3, 0.4) is 0 Å². The lowest BCUT2D eigenvalue weighted by Crippen LogP contribution is -1.98. The van der Waals surface area contributed by atoms with Crippen molar-refractivity contribution in [2.75, 3.05) is 0 Å². The molecule has 0 fully saturated rings. The van der Waals surface area contributed by atoms with Crippen LogP contribution < -0.4 is 0 Å². The fourth-order valence-electron chi connectivity index (χ4n) is 7.37. The van der Waals surface area contributed by atoms with E-state index < -0.39 is 0 Å². The van der Waals surface area contributed by atoms with Gasteiger partial charge in [-0.25, -0.2) is 15.0 Å². The van der Waals surface area contributed by atoms with Crippen molar-refractivity contribution in [3.8, 4) is 84.5 Å². The molecule has 0 saturated carbocycles. The Bertz CT molecular complexity index is 2940. The molecule has 3 heterocycles. The normalized spacial score (nSPS) is 11.2. The second kappa shape index (κ2) is 14.8. The first-order valence-electron chi connectivity index (χ1n) is 19.0. The van der Waals surface area contributed by atoms with Crippen LogP contribution in [0.5, 0.6) is 0 Å². The van der Waals surface area contributed by atoms with Gasteiger partial charge in [-0.15, -0.1) is 0 Å². The molecule has 0 aliphatic carbocycles. The SMILES string of the molecule is c1ccc(-c2ccc(-c3cc(-c4ccc(-c5ccc(-c6ccc(-n7c(-c8ccccn8)nc8ccccc87)cc6)cc5)cc4)nc(-c4ccccc4)n3)cc2)cc1. The van der Waals surface area contributed by atoms with Gasteiger partial charge >= 0.3 is 0 Å². The van der Waals surface area contributed by atoms with Crippen molar-refractivity contribution in [3.05, 3.63) is 212 Å². The van der Waals surface area contributed by atoms with Gasteiger partial charge in [-0.2, -0.15) is 0 Å². The van der Waals surface area contributed by atoms with Crippen LogP contribution in [0.4, 0.5) is 0 Å². The van der Waals surface area contributed by atoms with E-state index in [0.29, 0.717) is 5.82 Å². The highest BCUT2D eigenvalue weighted by Crippen LogP contribution is 2.33. The minimum atomic E-state index is 0.704. The highest BCUT2D eigenvalue weighted by atomic mass is 15.1. The van der Waals surface area contributed by atoms with Gasteiger partial charge in [-0.05, 0) is 75.8 Å². The summed E-state index contributed by atoms with van der Waals surface area (Å²) in [5, 5.41) is 0. The molecule has 0 amide bonds. The van der Waals surface area contributed by atoms with E-state index in [4.69, 9.17) is 15.0 Å². The lowest BCUT2D eigenvalue weighted by molar-refractivity contribution is 1.08. The van der Waals surface area contributed by atoms with Crippen LogP contribution in [0.1, 0.15) is 0 Å². The van der Waals surface area contributed by atoms with Gasteiger partial charge in [0.1, 0.15) is 5.69 Å². The smallest absolute Gasteiger partial charge is 0.164 e. The predicted octanol–water partition coefficient (Wildman–Crippen LogP) is 12.9. The molecule has 0 saturated heterocycles. The largest absolute Gasteiger partial charge is 0.291 e. The molecule has 0 atom stereocenters. The van der Waals surface area contributed by atoms with E-state index in [-0.39, 0.29) is 0 Å². The minimum absolute atomic E-state index is 0.704. The van der Waals surface area contributed by atoms with Gasteiger partial charge in [-0.1, -0.05) is 164 Å². The zero-order chi connectivity index (χ0) is 38.0. The standard InChI is InChI=1S/C52H35N5/c1-3-11-36(12-4-1)37-22-26-42(27-23-37)48-35-49(55-51(54-48)44-13-5-2-6-14-44)43-28-24-40(25-29-43)38-18-20-39(21-19-38)41-30-32-45(33-31-41)57-50-17-8-7-15-46(50)56-52(57)47-16-9-10-34-53-47/h1-35H. The van der Waals surface area contributed by atoms with Crippen LogP contribution in [-0.4, -0.2) is 24.5 Å². The molecule has 268 valence electrons. The van der Waals surface area contributed by atoms with Crippen LogP contribution in [0.2, 0.25) is 0 Å². The maximum atomic E-state index is 5.05.